The van der Waals surface area contributed by atoms with E-state index in [1.165, 1.54) is 0 Å². The molecule has 0 unspecified atom stereocenters. The van der Waals surface area contributed by atoms with Crippen molar-refractivity contribution in [1.82, 2.24) is 15.2 Å². The van der Waals surface area contributed by atoms with Crippen molar-refractivity contribution in [2.75, 3.05) is 30.9 Å². The molecule has 0 saturated heterocycles. The Morgan fingerprint density at radius 3 is 2.52 bits per heavy atom. The molecule has 1 heterocycles. The van der Waals surface area contributed by atoms with Crippen molar-refractivity contribution in [1.29, 1.82) is 0 Å². The molecule has 1 aromatic heterocycles. The van der Waals surface area contributed by atoms with Crippen LogP contribution in [0, 0.1) is 0 Å². The minimum Gasteiger partial charge on any atom is -0.497 e. The van der Waals surface area contributed by atoms with Crippen molar-refractivity contribution in [3.8, 4) is 17.2 Å². The monoisotopic (exact) mass is 395 g/mol. The molecule has 2 aromatic carbocycles. The summed E-state index contributed by atoms with van der Waals surface area (Å²) in [6.45, 7) is 5.00. The average molecular weight is 395 g/mol. The topological polar surface area (TPSA) is 90.4 Å². The van der Waals surface area contributed by atoms with Gasteiger partial charge in [-0.25, -0.2) is 0 Å². The van der Waals surface area contributed by atoms with Gasteiger partial charge >= 0.3 is 0 Å². The van der Waals surface area contributed by atoms with E-state index in [1.54, 1.807) is 13.3 Å². The minimum absolute atomic E-state index is 0.0655. The summed E-state index contributed by atoms with van der Waals surface area (Å²) in [7, 11) is 1.63. The van der Waals surface area contributed by atoms with Crippen LogP contribution < -0.4 is 24.8 Å². The summed E-state index contributed by atoms with van der Waals surface area (Å²) < 4.78 is 16.6. The van der Waals surface area contributed by atoms with Crippen LogP contribution in [0.4, 0.5) is 17.5 Å². The van der Waals surface area contributed by atoms with Crippen LogP contribution in [0.5, 0.6) is 17.2 Å². The minimum atomic E-state index is 0.0655. The lowest BCUT2D eigenvalue weighted by Crippen LogP contribution is -2.13. The van der Waals surface area contributed by atoms with Crippen LogP contribution in [-0.4, -0.2) is 41.5 Å². The van der Waals surface area contributed by atoms with E-state index in [4.69, 9.17) is 14.2 Å². The van der Waals surface area contributed by atoms with Crippen molar-refractivity contribution in [2.24, 2.45) is 0 Å². The van der Waals surface area contributed by atoms with E-state index in [2.05, 4.69) is 25.8 Å². The van der Waals surface area contributed by atoms with Gasteiger partial charge in [0.2, 0.25) is 5.95 Å². The van der Waals surface area contributed by atoms with Crippen LogP contribution >= 0.6 is 0 Å². The summed E-state index contributed by atoms with van der Waals surface area (Å²) in [5.74, 6) is 3.28. The number of ether oxygens (including phenoxy) is 3. The molecule has 0 saturated carbocycles. The number of nitrogens with one attached hydrogen (secondary N) is 2. The second kappa shape index (κ2) is 10.1. The first-order valence-corrected chi connectivity index (χ1v) is 9.37. The molecule has 0 radical (unpaired) electrons. The van der Waals surface area contributed by atoms with Crippen molar-refractivity contribution < 1.29 is 14.2 Å². The Bertz CT molecular complexity index is 903. The summed E-state index contributed by atoms with van der Waals surface area (Å²) in [4.78, 5) is 4.43. The first kappa shape index (κ1) is 20.2. The molecule has 0 fully saturated rings. The third-order valence-corrected chi connectivity index (χ3v) is 3.79. The highest BCUT2D eigenvalue weighted by Crippen LogP contribution is 2.27. The van der Waals surface area contributed by atoms with Gasteiger partial charge in [0.25, 0.3) is 0 Å². The van der Waals surface area contributed by atoms with Crippen molar-refractivity contribution >= 4 is 17.5 Å². The van der Waals surface area contributed by atoms with Crippen LogP contribution in [0.2, 0.25) is 0 Å². The fourth-order valence-electron chi connectivity index (χ4n) is 2.51. The van der Waals surface area contributed by atoms with Gasteiger partial charge in [0.15, 0.2) is 5.82 Å². The number of rotatable bonds is 10. The van der Waals surface area contributed by atoms with Gasteiger partial charge in [-0.3, -0.25) is 0 Å². The lowest BCUT2D eigenvalue weighted by molar-refractivity contribution is 0.244. The number of aromatic nitrogens is 3. The molecule has 29 heavy (non-hydrogen) atoms. The Kier molecular flexibility index (Phi) is 7.05. The van der Waals surface area contributed by atoms with E-state index in [1.807, 2.05) is 62.4 Å². The molecule has 0 atom stereocenters. The zero-order chi connectivity index (χ0) is 20.5. The smallest absolute Gasteiger partial charge is 0.249 e. The predicted octanol–water partition coefficient (Wildman–Crippen LogP) is 3.90. The van der Waals surface area contributed by atoms with Gasteiger partial charge in [0, 0.05) is 0 Å². The van der Waals surface area contributed by atoms with Crippen molar-refractivity contribution in [3.05, 3.63) is 54.7 Å². The quantitative estimate of drug-likeness (QED) is 0.500. The van der Waals surface area contributed by atoms with E-state index in [0.717, 1.165) is 22.9 Å². The lowest BCUT2D eigenvalue weighted by Gasteiger charge is -2.14. The van der Waals surface area contributed by atoms with Crippen molar-refractivity contribution in [3.63, 3.8) is 0 Å². The molecule has 0 aliphatic rings. The van der Waals surface area contributed by atoms with Crippen molar-refractivity contribution in [2.45, 2.75) is 20.0 Å². The summed E-state index contributed by atoms with van der Waals surface area (Å²) in [6.07, 6.45) is 1.63. The van der Waals surface area contributed by atoms with E-state index >= 15 is 0 Å². The van der Waals surface area contributed by atoms with Crippen LogP contribution in [0.3, 0.4) is 0 Å². The number of nitrogens with zero attached hydrogens (tertiary/aromatic N) is 3. The molecule has 8 heteroatoms. The first-order valence-electron chi connectivity index (χ1n) is 9.37. The van der Waals surface area contributed by atoms with Gasteiger partial charge in [-0.1, -0.05) is 12.1 Å². The standard InChI is InChI=1S/C21H25N5O3/c1-15(2)29-19-7-5-4-6-18(19)24-21-25-20(14-23-26-21)22-12-13-28-17-10-8-16(27-3)9-11-17/h4-11,14-15H,12-13H2,1-3H3,(H2,22,24,25,26). The largest absolute Gasteiger partial charge is 0.497 e. The number of para-hydroxylation sites is 2. The number of benzene rings is 2. The maximum atomic E-state index is 5.81. The van der Waals surface area contributed by atoms with Crippen LogP contribution in [0.25, 0.3) is 0 Å². The van der Waals surface area contributed by atoms with Crippen LogP contribution in [-0.2, 0) is 0 Å². The first-order chi connectivity index (χ1) is 14.1. The third kappa shape index (κ3) is 6.24. The third-order valence-electron chi connectivity index (χ3n) is 3.79. The average Bonchev–Trinajstić information content (AvgIpc) is 2.73. The zero-order valence-corrected chi connectivity index (χ0v) is 16.8. The predicted molar refractivity (Wildman–Crippen MR) is 112 cm³/mol. The number of anilines is 3. The molecule has 8 nitrogen and oxygen atoms in total. The van der Waals surface area contributed by atoms with E-state index in [9.17, 15) is 0 Å². The molecule has 0 amide bonds. The molecular formula is C21H25N5O3. The Labute approximate surface area is 170 Å². The Morgan fingerprint density at radius 1 is 1.00 bits per heavy atom. The lowest BCUT2D eigenvalue weighted by atomic mass is 10.3. The fourth-order valence-corrected chi connectivity index (χ4v) is 2.51. The molecule has 3 rings (SSSR count). The molecular weight excluding hydrogens is 370 g/mol. The number of methoxy groups -OCH3 is 1. The van der Waals surface area contributed by atoms with Gasteiger partial charge in [0.1, 0.15) is 23.9 Å². The Morgan fingerprint density at radius 2 is 1.76 bits per heavy atom. The molecule has 0 aliphatic carbocycles. The molecule has 152 valence electrons. The molecule has 0 aliphatic heterocycles. The fraction of sp³-hybridized carbons (Fsp3) is 0.286. The van der Waals surface area contributed by atoms with E-state index in [-0.39, 0.29) is 6.10 Å². The normalized spacial score (nSPS) is 10.5. The summed E-state index contributed by atoms with van der Waals surface area (Å²) >= 11 is 0. The Hall–Kier alpha value is -3.55. The SMILES string of the molecule is COc1ccc(OCCNc2cnnc(Nc3ccccc3OC(C)C)n2)cc1. The second-order valence-corrected chi connectivity index (χ2v) is 6.40. The second-order valence-electron chi connectivity index (χ2n) is 6.40. The van der Waals surface area contributed by atoms with Gasteiger partial charge in [0.05, 0.1) is 31.6 Å². The Balaban J connectivity index is 1.53. The number of hydrogen-bond donors (Lipinski definition) is 2. The van der Waals surface area contributed by atoms with E-state index in [0.29, 0.717) is 24.9 Å². The van der Waals surface area contributed by atoms with Gasteiger partial charge in [-0.15, -0.1) is 5.10 Å². The van der Waals surface area contributed by atoms with Gasteiger partial charge in [-0.05, 0) is 50.2 Å². The maximum Gasteiger partial charge on any atom is 0.249 e. The molecule has 2 N–H and O–H groups in total. The highest BCUT2D eigenvalue weighted by molar-refractivity contribution is 5.62. The molecule has 0 bridgehead atoms. The molecule has 0 spiro atoms. The highest BCUT2D eigenvalue weighted by Gasteiger charge is 2.08. The zero-order valence-electron chi connectivity index (χ0n) is 16.8. The molecule has 3 aromatic rings. The van der Waals surface area contributed by atoms with Crippen LogP contribution in [0.1, 0.15) is 13.8 Å². The summed E-state index contributed by atoms with van der Waals surface area (Å²) in [5.41, 5.74) is 0.781. The van der Waals surface area contributed by atoms with Gasteiger partial charge in [-0.2, -0.15) is 10.1 Å². The highest BCUT2D eigenvalue weighted by atomic mass is 16.5. The number of hydrogen-bond acceptors (Lipinski definition) is 8. The van der Waals surface area contributed by atoms with Crippen LogP contribution in [0.15, 0.2) is 54.7 Å². The summed E-state index contributed by atoms with van der Waals surface area (Å²) in [5, 5.41) is 14.4. The van der Waals surface area contributed by atoms with Gasteiger partial charge < -0.3 is 24.8 Å². The summed E-state index contributed by atoms with van der Waals surface area (Å²) in [6, 6.07) is 15.1. The maximum absolute atomic E-state index is 5.81. The van der Waals surface area contributed by atoms with E-state index < -0.39 is 0 Å².